The molecule has 1 atom stereocenters. The SMILES string of the molecule is CC(C)(O)C1CN(c2ncc(-c3ccc(-c4cn[nH]c4)cc3O)nn2)CCN1. The minimum Gasteiger partial charge on any atom is -0.507 e. The van der Waals surface area contributed by atoms with Crippen molar-refractivity contribution >= 4 is 5.95 Å². The number of hydrogen-bond acceptors (Lipinski definition) is 8. The van der Waals surface area contributed by atoms with E-state index in [2.05, 4.69) is 30.7 Å². The fraction of sp³-hybridized carbons (Fsp3) is 0.368. The Morgan fingerprint density at radius 1 is 1.18 bits per heavy atom. The van der Waals surface area contributed by atoms with Gasteiger partial charge in [-0.05, 0) is 31.5 Å². The molecule has 1 aromatic carbocycles. The van der Waals surface area contributed by atoms with Crippen LogP contribution < -0.4 is 10.2 Å². The van der Waals surface area contributed by atoms with Gasteiger partial charge in [0.25, 0.3) is 0 Å². The van der Waals surface area contributed by atoms with Gasteiger partial charge < -0.3 is 20.4 Å². The smallest absolute Gasteiger partial charge is 0.245 e. The van der Waals surface area contributed by atoms with E-state index in [1.54, 1.807) is 44.6 Å². The van der Waals surface area contributed by atoms with Gasteiger partial charge in [0, 0.05) is 37.0 Å². The summed E-state index contributed by atoms with van der Waals surface area (Å²) in [4.78, 5) is 6.42. The zero-order chi connectivity index (χ0) is 19.7. The Morgan fingerprint density at radius 3 is 2.68 bits per heavy atom. The summed E-state index contributed by atoms with van der Waals surface area (Å²) in [5.74, 6) is 0.612. The van der Waals surface area contributed by atoms with Crippen molar-refractivity contribution in [3.63, 3.8) is 0 Å². The second-order valence-electron chi connectivity index (χ2n) is 7.47. The highest BCUT2D eigenvalue weighted by molar-refractivity contribution is 5.73. The van der Waals surface area contributed by atoms with Gasteiger partial charge in [0.2, 0.25) is 5.95 Å². The molecule has 1 unspecified atom stereocenters. The van der Waals surface area contributed by atoms with Crippen molar-refractivity contribution in [2.24, 2.45) is 0 Å². The number of phenols is 1. The number of benzene rings is 1. The molecule has 0 amide bonds. The molecule has 3 aromatic rings. The molecule has 28 heavy (non-hydrogen) atoms. The van der Waals surface area contributed by atoms with Crippen LogP contribution in [0.15, 0.2) is 36.8 Å². The summed E-state index contributed by atoms with van der Waals surface area (Å²) < 4.78 is 0. The van der Waals surface area contributed by atoms with Crippen LogP contribution in [0.4, 0.5) is 5.95 Å². The van der Waals surface area contributed by atoms with Crippen LogP contribution in [0.2, 0.25) is 0 Å². The first kappa shape index (κ1) is 18.3. The summed E-state index contributed by atoms with van der Waals surface area (Å²) in [6.07, 6.45) is 5.06. The van der Waals surface area contributed by atoms with Crippen molar-refractivity contribution < 1.29 is 10.2 Å². The van der Waals surface area contributed by atoms with E-state index in [0.29, 0.717) is 23.8 Å². The number of aromatic nitrogens is 5. The molecule has 1 saturated heterocycles. The van der Waals surface area contributed by atoms with Crippen molar-refractivity contribution in [1.82, 2.24) is 30.7 Å². The number of anilines is 1. The van der Waals surface area contributed by atoms with Crippen LogP contribution in [0.25, 0.3) is 22.4 Å². The van der Waals surface area contributed by atoms with Crippen molar-refractivity contribution in [3.05, 3.63) is 36.8 Å². The maximum atomic E-state index is 10.4. The summed E-state index contributed by atoms with van der Waals surface area (Å²) in [5, 5.41) is 39.1. The predicted molar refractivity (Wildman–Crippen MR) is 105 cm³/mol. The van der Waals surface area contributed by atoms with Gasteiger partial charge in [-0.3, -0.25) is 5.10 Å². The first-order valence-electron chi connectivity index (χ1n) is 9.15. The summed E-state index contributed by atoms with van der Waals surface area (Å²) in [6, 6.07) is 5.27. The van der Waals surface area contributed by atoms with Gasteiger partial charge in [-0.1, -0.05) is 6.07 Å². The molecule has 0 saturated carbocycles. The highest BCUT2D eigenvalue weighted by Crippen LogP contribution is 2.32. The molecule has 146 valence electrons. The van der Waals surface area contributed by atoms with Gasteiger partial charge in [-0.2, -0.15) is 5.10 Å². The number of piperazine rings is 1. The van der Waals surface area contributed by atoms with Gasteiger partial charge >= 0.3 is 0 Å². The van der Waals surface area contributed by atoms with Crippen LogP contribution in [0, 0.1) is 0 Å². The fourth-order valence-electron chi connectivity index (χ4n) is 3.28. The molecule has 0 bridgehead atoms. The number of phenolic OH excluding ortho intramolecular Hbond substituents is 1. The van der Waals surface area contributed by atoms with Crippen LogP contribution in [0.3, 0.4) is 0 Å². The first-order valence-corrected chi connectivity index (χ1v) is 9.15. The molecule has 2 aromatic heterocycles. The molecule has 9 nitrogen and oxygen atoms in total. The van der Waals surface area contributed by atoms with Crippen molar-refractivity contribution in [3.8, 4) is 28.1 Å². The lowest BCUT2D eigenvalue weighted by molar-refractivity contribution is 0.0362. The highest BCUT2D eigenvalue weighted by atomic mass is 16.3. The van der Waals surface area contributed by atoms with Gasteiger partial charge in [-0.25, -0.2) is 4.98 Å². The molecule has 4 rings (SSSR count). The monoisotopic (exact) mass is 381 g/mol. The normalized spacial score (nSPS) is 17.7. The molecule has 4 N–H and O–H groups in total. The predicted octanol–water partition coefficient (Wildman–Crippen LogP) is 1.18. The Hall–Kier alpha value is -3.04. The largest absolute Gasteiger partial charge is 0.507 e. The second kappa shape index (κ2) is 7.17. The molecule has 0 aliphatic carbocycles. The quantitative estimate of drug-likeness (QED) is 0.531. The Morgan fingerprint density at radius 2 is 2.04 bits per heavy atom. The number of aromatic hydroxyl groups is 1. The standard InChI is InChI=1S/C19H23N7O2/c1-19(2,28)17-11-26(6-5-20-17)18-21-10-15(24-25-18)14-4-3-12(7-16(14)27)13-8-22-23-9-13/h3-4,7-10,17,20,27-28H,5-6,11H2,1-2H3,(H,22,23). The van der Waals surface area contributed by atoms with Crippen LogP contribution in [-0.2, 0) is 0 Å². The van der Waals surface area contributed by atoms with Crippen LogP contribution >= 0.6 is 0 Å². The second-order valence-corrected chi connectivity index (χ2v) is 7.47. The molecule has 0 spiro atoms. The minimum atomic E-state index is -0.839. The fourth-order valence-corrected chi connectivity index (χ4v) is 3.28. The van der Waals surface area contributed by atoms with Gasteiger partial charge in [0.15, 0.2) is 0 Å². The molecular weight excluding hydrogens is 358 g/mol. The highest BCUT2D eigenvalue weighted by Gasteiger charge is 2.32. The van der Waals surface area contributed by atoms with E-state index < -0.39 is 5.60 Å². The summed E-state index contributed by atoms with van der Waals surface area (Å²) in [7, 11) is 0. The number of nitrogens with zero attached hydrogens (tertiary/aromatic N) is 5. The lowest BCUT2D eigenvalue weighted by atomic mass is 9.97. The van der Waals surface area contributed by atoms with E-state index in [1.165, 1.54) is 0 Å². The van der Waals surface area contributed by atoms with E-state index in [1.807, 2.05) is 11.0 Å². The lowest BCUT2D eigenvalue weighted by Crippen LogP contribution is -2.59. The van der Waals surface area contributed by atoms with E-state index in [0.717, 1.165) is 24.2 Å². The van der Waals surface area contributed by atoms with Crippen molar-refractivity contribution in [1.29, 1.82) is 0 Å². The van der Waals surface area contributed by atoms with Gasteiger partial charge in [-0.15, -0.1) is 10.2 Å². The van der Waals surface area contributed by atoms with E-state index in [9.17, 15) is 10.2 Å². The third kappa shape index (κ3) is 3.67. The van der Waals surface area contributed by atoms with Crippen molar-refractivity contribution in [2.75, 3.05) is 24.5 Å². The van der Waals surface area contributed by atoms with Crippen LogP contribution in [0.1, 0.15) is 13.8 Å². The van der Waals surface area contributed by atoms with Crippen LogP contribution in [0.5, 0.6) is 5.75 Å². The molecule has 1 aliphatic heterocycles. The van der Waals surface area contributed by atoms with Gasteiger partial charge in [0.1, 0.15) is 11.4 Å². The number of H-pyrrole nitrogens is 1. The zero-order valence-corrected chi connectivity index (χ0v) is 15.8. The van der Waals surface area contributed by atoms with E-state index >= 15 is 0 Å². The number of aromatic amines is 1. The average molecular weight is 381 g/mol. The summed E-state index contributed by atoms with van der Waals surface area (Å²) in [5.41, 5.74) is 1.96. The molecule has 9 heteroatoms. The van der Waals surface area contributed by atoms with Crippen molar-refractivity contribution in [2.45, 2.75) is 25.5 Å². The Labute approximate surface area is 162 Å². The lowest BCUT2D eigenvalue weighted by Gasteiger charge is -2.39. The molecule has 3 heterocycles. The molecule has 1 aliphatic rings. The van der Waals surface area contributed by atoms with Crippen LogP contribution in [-0.4, -0.2) is 66.9 Å². The summed E-state index contributed by atoms with van der Waals surface area (Å²) in [6.45, 7) is 5.63. The maximum Gasteiger partial charge on any atom is 0.245 e. The minimum absolute atomic E-state index is 0.0796. The zero-order valence-electron chi connectivity index (χ0n) is 15.8. The molecule has 0 radical (unpaired) electrons. The Kier molecular flexibility index (Phi) is 4.70. The third-order valence-corrected chi connectivity index (χ3v) is 4.97. The third-order valence-electron chi connectivity index (χ3n) is 4.97. The number of hydrogen-bond donors (Lipinski definition) is 4. The summed E-state index contributed by atoms with van der Waals surface area (Å²) >= 11 is 0. The van der Waals surface area contributed by atoms with E-state index in [4.69, 9.17) is 0 Å². The number of nitrogens with one attached hydrogen (secondary N) is 2. The first-order chi connectivity index (χ1) is 13.4. The number of rotatable bonds is 4. The van der Waals surface area contributed by atoms with E-state index in [-0.39, 0.29) is 11.8 Å². The number of aliphatic hydroxyl groups is 1. The average Bonchev–Trinajstić information content (AvgIpc) is 3.22. The molecule has 1 fully saturated rings. The topological polar surface area (TPSA) is 123 Å². The Balaban J connectivity index is 1.53. The van der Waals surface area contributed by atoms with Gasteiger partial charge in [0.05, 0.1) is 24.0 Å². The maximum absolute atomic E-state index is 10.4. The molecular formula is C19H23N7O2. The Bertz CT molecular complexity index is 936.